The summed E-state index contributed by atoms with van der Waals surface area (Å²) in [5, 5.41) is 11.3. The number of ether oxygens (including phenoxy) is 2. The molecule has 2 aliphatic carbocycles. The summed E-state index contributed by atoms with van der Waals surface area (Å²) in [6, 6.07) is 3.88. The van der Waals surface area contributed by atoms with Crippen molar-refractivity contribution in [2.75, 3.05) is 6.61 Å². The minimum atomic E-state index is -0.403. The molecule has 2 aromatic rings. The topological polar surface area (TPSA) is 91.2 Å². The number of pyridine rings is 1. The normalized spacial score (nSPS) is 17.7. The van der Waals surface area contributed by atoms with Gasteiger partial charge in [-0.3, -0.25) is 0 Å². The van der Waals surface area contributed by atoms with Crippen molar-refractivity contribution in [1.29, 1.82) is 0 Å². The van der Waals surface area contributed by atoms with E-state index in [1.807, 2.05) is 26.1 Å². The van der Waals surface area contributed by atoms with E-state index in [1.54, 1.807) is 4.68 Å². The maximum Gasteiger partial charge on any atom is 0.407 e. The summed E-state index contributed by atoms with van der Waals surface area (Å²) >= 11 is 0. The first-order chi connectivity index (χ1) is 15.5. The van der Waals surface area contributed by atoms with Crippen LogP contribution in [0, 0.1) is 12.3 Å². The molecule has 0 unspecified atom stereocenters. The highest BCUT2D eigenvalue weighted by atomic mass is 16.5. The number of alkyl carbamates (subject to hydrolysis) is 1. The lowest BCUT2D eigenvalue weighted by Gasteiger charge is -2.23. The molecule has 0 aliphatic heterocycles. The molecule has 2 aliphatic rings. The number of rotatable bonds is 9. The van der Waals surface area contributed by atoms with Gasteiger partial charge in [0, 0.05) is 12.5 Å². The first-order valence-corrected chi connectivity index (χ1v) is 11.9. The second-order valence-corrected chi connectivity index (χ2v) is 9.35. The number of carbonyl (C=O) groups is 1. The molecule has 0 bridgehead atoms. The summed E-state index contributed by atoms with van der Waals surface area (Å²) in [6.07, 6.45) is 10.4. The van der Waals surface area contributed by atoms with Crippen molar-refractivity contribution in [3.8, 4) is 17.1 Å². The van der Waals surface area contributed by atoms with Gasteiger partial charge in [0.15, 0.2) is 0 Å². The first kappa shape index (κ1) is 22.6. The lowest BCUT2D eigenvalue weighted by molar-refractivity contribution is 0.117. The van der Waals surface area contributed by atoms with Crippen molar-refractivity contribution < 1.29 is 14.3 Å². The second kappa shape index (κ2) is 9.88. The molecule has 0 aromatic carbocycles. The Bertz CT molecular complexity index is 932. The number of amides is 1. The summed E-state index contributed by atoms with van der Waals surface area (Å²) < 4.78 is 13.3. The summed E-state index contributed by atoms with van der Waals surface area (Å²) in [6.45, 7) is 4.89. The smallest absolute Gasteiger partial charge is 0.407 e. The molecule has 32 heavy (non-hydrogen) atoms. The Morgan fingerprint density at radius 2 is 2.03 bits per heavy atom. The Morgan fingerprint density at radius 3 is 2.72 bits per heavy atom. The van der Waals surface area contributed by atoms with E-state index < -0.39 is 6.09 Å². The van der Waals surface area contributed by atoms with E-state index in [4.69, 9.17) is 14.5 Å². The Hall–Kier alpha value is -2.64. The van der Waals surface area contributed by atoms with E-state index in [9.17, 15) is 4.79 Å². The number of aryl methyl sites for hydroxylation is 2. The van der Waals surface area contributed by atoms with Crippen molar-refractivity contribution in [3.63, 3.8) is 0 Å². The molecular formula is C24H35N5O3. The average Bonchev–Trinajstić information content (AvgIpc) is 3.46. The van der Waals surface area contributed by atoms with Gasteiger partial charge in [0.2, 0.25) is 0 Å². The van der Waals surface area contributed by atoms with Crippen molar-refractivity contribution in [2.45, 2.75) is 84.3 Å². The predicted octanol–water partition coefficient (Wildman–Crippen LogP) is 4.70. The molecule has 8 heteroatoms. The third kappa shape index (κ3) is 5.40. The van der Waals surface area contributed by atoms with Crippen molar-refractivity contribution >= 4 is 6.09 Å². The van der Waals surface area contributed by atoms with Crippen LogP contribution in [0.2, 0.25) is 0 Å². The monoisotopic (exact) mass is 441 g/mol. The molecule has 0 saturated heterocycles. The molecule has 174 valence electrons. The lowest BCUT2D eigenvalue weighted by atomic mass is 9.98. The van der Waals surface area contributed by atoms with Gasteiger partial charge < -0.3 is 14.8 Å². The van der Waals surface area contributed by atoms with Crippen LogP contribution in [0.1, 0.15) is 76.1 Å². The third-order valence-corrected chi connectivity index (χ3v) is 6.72. The fourth-order valence-corrected chi connectivity index (χ4v) is 4.54. The fourth-order valence-electron chi connectivity index (χ4n) is 4.54. The molecule has 0 radical (unpaired) electrons. The van der Waals surface area contributed by atoms with Gasteiger partial charge in [-0.05, 0) is 64.0 Å². The van der Waals surface area contributed by atoms with Crippen LogP contribution in [0.4, 0.5) is 4.79 Å². The van der Waals surface area contributed by atoms with E-state index >= 15 is 0 Å². The average molecular weight is 442 g/mol. The summed E-state index contributed by atoms with van der Waals surface area (Å²) in [5.74, 6) is 0.828. The second-order valence-electron chi connectivity index (χ2n) is 9.35. The Labute approximate surface area is 190 Å². The third-order valence-electron chi connectivity index (χ3n) is 6.72. The summed E-state index contributed by atoms with van der Waals surface area (Å²) in [4.78, 5) is 17.0. The lowest BCUT2D eigenvalue weighted by Crippen LogP contribution is -2.27. The number of nitrogens with zero attached hydrogens (tertiary/aromatic N) is 4. The number of aromatic nitrogens is 4. The molecule has 0 atom stereocenters. The zero-order valence-electron chi connectivity index (χ0n) is 19.5. The van der Waals surface area contributed by atoms with Crippen LogP contribution in [0.25, 0.3) is 11.4 Å². The molecule has 4 rings (SSSR count). The molecule has 0 spiro atoms. The summed E-state index contributed by atoms with van der Waals surface area (Å²) in [5.41, 5.74) is 3.21. The highest BCUT2D eigenvalue weighted by Gasteiger charge is 2.42. The first-order valence-electron chi connectivity index (χ1n) is 11.9. The van der Waals surface area contributed by atoms with E-state index in [1.165, 1.54) is 19.3 Å². The van der Waals surface area contributed by atoms with Crippen LogP contribution < -0.4 is 10.1 Å². The Morgan fingerprint density at radius 1 is 1.25 bits per heavy atom. The zero-order chi connectivity index (χ0) is 22.6. The number of nitrogens with one attached hydrogen (secondary N) is 1. The van der Waals surface area contributed by atoms with Crippen LogP contribution in [-0.4, -0.2) is 38.8 Å². The van der Waals surface area contributed by atoms with Gasteiger partial charge in [-0.2, -0.15) is 0 Å². The quantitative estimate of drug-likeness (QED) is 0.606. The molecule has 2 saturated carbocycles. The SMILES string of the molecule is CCCC1(COC(=O)NCc2c(-c3ccc(OC4CCCCC4)c(C)n3)nnn2C)CC1. The van der Waals surface area contributed by atoms with Crippen LogP contribution in [-0.2, 0) is 18.3 Å². The van der Waals surface area contributed by atoms with Gasteiger partial charge in [-0.1, -0.05) is 25.0 Å². The predicted molar refractivity (Wildman–Crippen MR) is 121 cm³/mol. The van der Waals surface area contributed by atoms with Crippen LogP contribution in [0.5, 0.6) is 5.75 Å². The Balaban J connectivity index is 1.37. The molecule has 2 aromatic heterocycles. The zero-order valence-corrected chi connectivity index (χ0v) is 19.5. The van der Waals surface area contributed by atoms with Gasteiger partial charge in [0.1, 0.15) is 11.4 Å². The van der Waals surface area contributed by atoms with E-state index in [0.717, 1.165) is 61.4 Å². The molecular weight excluding hydrogens is 406 g/mol. The number of carbonyl (C=O) groups excluding carboxylic acids is 1. The molecule has 1 N–H and O–H groups in total. The summed E-state index contributed by atoms with van der Waals surface area (Å²) in [7, 11) is 1.81. The van der Waals surface area contributed by atoms with Gasteiger partial charge in [0.05, 0.1) is 36.3 Å². The van der Waals surface area contributed by atoms with E-state index in [2.05, 4.69) is 22.6 Å². The maximum absolute atomic E-state index is 12.2. The fraction of sp³-hybridized carbons (Fsp3) is 0.667. The van der Waals surface area contributed by atoms with Crippen molar-refractivity contribution in [1.82, 2.24) is 25.3 Å². The standard InChI is InChI=1S/C24H35N5O3/c1-4-12-24(13-14-24)16-31-23(30)25-15-20-22(27-28-29(20)3)19-10-11-21(17(2)26-19)32-18-8-6-5-7-9-18/h10-11,18H,4-9,12-16H2,1-3H3,(H,25,30). The van der Waals surface area contributed by atoms with E-state index in [0.29, 0.717) is 12.3 Å². The molecule has 8 nitrogen and oxygen atoms in total. The highest BCUT2D eigenvalue weighted by Crippen LogP contribution is 2.49. The molecule has 2 fully saturated rings. The minimum absolute atomic E-state index is 0.216. The maximum atomic E-state index is 12.2. The van der Waals surface area contributed by atoms with Gasteiger partial charge in [-0.15, -0.1) is 5.10 Å². The van der Waals surface area contributed by atoms with Crippen molar-refractivity contribution in [3.05, 3.63) is 23.5 Å². The van der Waals surface area contributed by atoms with Crippen molar-refractivity contribution in [2.24, 2.45) is 12.5 Å². The van der Waals surface area contributed by atoms with Gasteiger partial charge >= 0.3 is 6.09 Å². The molecule has 1 amide bonds. The molecule has 2 heterocycles. The Kier molecular flexibility index (Phi) is 6.96. The minimum Gasteiger partial charge on any atom is -0.489 e. The van der Waals surface area contributed by atoms with E-state index in [-0.39, 0.29) is 18.1 Å². The van der Waals surface area contributed by atoms with Crippen LogP contribution >= 0.6 is 0 Å². The van der Waals surface area contributed by atoms with Gasteiger partial charge in [-0.25, -0.2) is 14.5 Å². The van der Waals surface area contributed by atoms with Crippen LogP contribution in [0.15, 0.2) is 12.1 Å². The number of hydrogen-bond acceptors (Lipinski definition) is 6. The van der Waals surface area contributed by atoms with Gasteiger partial charge in [0.25, 0.3) is 0 Å². The largest absolute Gasteiger partial charge is 0.489 e. The number of hydrogen-bond donors (Lipinski definition) is 1. The highest BCUT2D eigenvalue weighted by molar-refractivity contribution is 5.68. The van der Waals surface area contributed by atoms with Crippen LogP contribution in [0.3, 0.4) is 0 Å².